The van der Waals surface area contributed by atoms with Gasteiger partial charge in [0, 0.05) is 13.0 Å². The predicted octanol–water partition coefficient (Wildman–Crippen LogP) is 2.24. The summed E-state index contributed by atoms with van der Waals surface area (Å²) >= 11 is 0. The summed E-state index contributed by atoms with van der Waals surface area (Å²) in [6.45, 7) is 3.21. The van der Waals surface area contributed by atoms with E-state index >= 15 is 0 Å². The van der Waals surface area contributed by atoms with Crippen LogP contribution in [0.5, 0.6) is 5.75 Å². The molecule has 1 saturated heterocycles. The first-order valence-electron chi connectivity index (χ1n) is 6.84. The van der Waals surface area contributed by atoms with E-state index in [1.54, 1.807) is 6.92 Å². The zero-order chi connectivity index (χ0) is 16.8. The van der Waals surface area contributed by atoms with Gasteiger partial charge in [-0.3, -0.25) is 0 Å². The van der Waals surface area contributed by atoms with Crippen LogP contribution in [0.25, 0.3) is 0 Å². The summed E-state index contributed by atoms with van der Waals surface area (Å²) in [6, 6.07) is 2.97. The normalized spacial score (nSPS) is 18.5. The van der Waals surface area contributed by atoms with Crippen LogP contribution >= 0.6 is 0 Å². The molecule has 1 unspecified atom stereocenters. The summed E-state index contributed by atoms with van der Waals surface area (Å²) in [6.07, 6.45) is -0.495. The van der Waals surface area contributed by atoms with E-state index in [4.69, 9.17) is 9.26 Å². The lowest BCUT2D eigenvalue weighted by Gasteiger charge is -2.39. The fourth-order valence-corrected chi connectivity index (χ4v) is 4.19. The second kappa shape index (κ2) is 5.66. The Labute approximate surface area is 132 Å². The van der Waals surface area contributed by atoms with E-state index in [0.29, 0.717) is 6.07 Å². The van der Waals surface area contributed by atoms with Crippen LogP contribution in [0.15, 0.2) is 27.6 Å². The molecule has 0 aliphatic carbocycles. The van der Waals surface area contributed by atoms with Crippen LogP contribution < -0.4 is 4.74 Å². The molecule has 1 aromatic heterocycles. The van der Waals surface area contributed by atoms with Gasteiger partial charge >= 0.3 is 0 Å². The first-order chi connectivity index (χ1) is 10.8. The van der Waals surface area contributed by atoms with Gasteiger partial charge in [-0.25, -0.2) is 8.78 Å². The van der Waals surface area contributed by atoms with Gasteiger partial charge in [-0.2, -0.15) is 0 Å². The number of hydrogen-bond donors (Lipinski definition) is 0. The van der Waals surface area contributed by atoms with Gasteiger partial charge in [0.25, 0.3) is 0 Å². The molecule has 0 amide bonds. The summed E-state index contributed by atoms with van der Waals surface area (Å²) in [5.74, 6) is -1.41. The van der Waals surface area contributed by atoms with E-state index in [-0.39, 0.29) is 35.2 Å². The second-order valence-electron chi connectivity index (χ2n) is 5.29. The maximum atomic E-state index is 13.5. The minimum absolute atomic E-state index is 0.0453. The third kappa shape index (κ3) is 2.87. The van der Waals surface area contributed by atoms with Crippen molar-refractivity contribution in [3.05, 3.63) is 41.3 Å². The lowest BCUT2D eigenvalue weighted by molar-refractivity contribution is 0.0667. The Morgan fingerprint density at radius 3 is 2.65 bits per heavy atom. The van der Waals surface area contributed by atoms with Crippen molar-refractivity contribution in [1.82, 2.24) is 9.46 Å². The Bertz CT molecular complexity index is 770. The highest BCUT2D eigenvalue weighted by molar-refractivity contribution is 7.95. The SMILES string of the molecule is Cc1noc(C)c1[S+](=O)([O-])N1CC(Oc2ccc(F)cc2F)C1. The molecule has 0 saturated carbocycles. The van der Waals surface area contributed by atoms with Crippen LogP contribution in [0.2, 0.25) is 0 Å². The molecule has 0 N–H and O–H groups in total. The molecule has 2 aromatic rings. The van der Waals surface area contributed by atoms with Crippen LogP contribution in [0.3, 0.4) is 0 Å². The summed E-state index contributed by atoms with van der Waals surface area (Å²) in [5, 5.41) is 3.63. The molecule has 0 radical (unpaired) electrons. The third-order valence-electron chi connectivity index (χ3n) is 3.57. The number of nitrogens with zero attached hydrogens (tertiary/aromatic N) is 2. The Morgan fingerprint density at radius 1 is 1.39 bits per heavy atom. The molecule has 0 spiro atoms. The van der Waals surface area contributed by atoms with Gasteiger partial charge in [0.1, 0.15) is 17.6 Å². The maximum absolute atomic E-state index is 13.5. The fourth-order valence-electron chi connectivity index (χ4n) is 2.39. The molecular formula is C14H14F2N2O4S. The topological polar surface area (TPSA) is 78.6 Å². The monoisotopic (exact) mass is 344 g/mol. The predicted molar refractivity (Wildman–Crippen MR) is 75.4 cm³/mol. The second-order valence-corrected chi connectivity index (χ2v) is 7.16. The molecule has 124 valence electrons. The van der Waals surface area contributed by atoms with E-state index in [2.05, 4.69) is 5.16 Å². The van der Waals surface area contributed by atoms with Gasteiger partial charge in [-0.1, -0.05) is 9.37 Å². The van der Waals surface area contributed by atoms with E-state index in [0.717, 1.165) is 6.07 Å². The number of rotatable bonds is 4. The van der Waals surface area contributed by atoms with Crippen molar-refractivity contribution in [2.45, 2.75) is 24.8 Å². The Balaban J connectivity index is 1.68. The van der Waals surface area contributed by atoms with Crippen LogP contribution in [0.1, 0.15) is 11.5 Å². The number of benzene rings is 1. The van der Waals surface area contributed by atoms with Crippen LogP contribution in [-0.2, 0) is 14.6 Å². The zero-order valence-corrected chi connectivity index (χ0v) is 13.2. The van der Waals surface area contributed by atoms with Crippen molar-refractivity contribution in [3.8, 4) is 5.75 Å². The third-order valence-corrected chi connectivity index (χ3v) is 5.64. The average molecular weight is 344 g/mol. The smallest absolute Gasteiger partial charge is 0.240 e. The standard InChI is InChI=1S/C14H14F2N2O4S/c1-8-14(9(2)22-17-8)23(19,20)18-6-11(7-18)21-13-4-3-10(15)5-12(13)16/h3-5,11H,6-7H2,1-2H3. The molecular weight excluding hydrogens is 330 g/mol. The molecule has 1 fully saturated rings. The molecule has 3 rings (SSSR count). The van der Waals surface area contributed by atoms with Crippen LogP contribution in [0, 0.1) is 25.5 Å². The summed E-state index contributed by atoms with van der Waals surface area (Å²) in [5.41, 5.74) is 0.288. The number of aromatic nitrogens is 1. The van der Waals surface area contributed by atoms with Crippen LogP contribution in [0.4, 0.5) is 8.78 Å². The Morgan fingerprint density at radius 2 is 2.09 bits per heavy atom. The molecule has 1 atom stereocenters. The van der Waals surface area contributed by atoms with Gasteiger partial charge in [0.2, 0.25) is 4.90 Å². The first-order valence-corrected chi connectivity index (χ1v) is 8.28. The van der Waals surface area contributed by atoms with Gasteiger partial charge < -0.3 is 13.8 Å². The number of aryl methyl sites for hydroxylation is 2. The number of sulfonamides is 1. The van der Waals surface area contributed by atoms with Gasteiger partial charge in [-0.05, 0) is 19.1 Å². The first kappa shape index (κ1) is 16.0. The lowest BCUT2D eigenvalue weighted by Crippen LogP contribution is -2.58. The lowest BCUT2D eigenvalue weighted by atomic mass is 10.2. The summed E-state index contributed by atoms with van der Waals surface area (Å²) < 4.78 is 62.7. The minimum Gasteiger partial charge on any atom is -0.593 e. The molecule has 23 heavy (non-hydrogen) atoms. The largest absolute Gasteiger partial charge is 0.593 e. The van der Waals surface area contributed by atoms with E-state index < -0.39 is 28.1 Å². The molecule has 2 heterocycles. The highest BCUT2D eigenvalue weighted by Gasteiger charge is 2.45. The fraction of sp³-hybridized carbons (Fsp3) is 0.357. The quantitative estimate of drug-likeness (QED) is 0.795. The molecule has 1 aromatic carbocycles. The van der Waals surface area contributed by atoms with Gasteiger partial charge in [0.15, 0.2) is 27.7 Å². The molecule has 1 aliphatic rings. The van der Waals surface area contributed by atoms with E-state index in [1.165, 1.54) is 17.3 Å². The summed E-state index contributed by atoms with van der Waals surface area (Å²) in [4.78, 5) is 0.0453. The van der Waals surface area contributed by atoms with Crippen molar-refractivity contribution in [1.29, 1.82) is 0 Å². The van der Waals surface area contributed by atoms with Gasteiger partial charge in [0.05, 0.1) is 13.1 Å². The maximum Gasteiger partial charge on any atom is 0.240 e. The average Bonchev–Trinajstić information content (AvgIpc) is 2.75. The van der Waals surface area contributed by atoms with Gasteiger partial charge in [-0.15, -0.1) is 4.31 Å². The molecule has 6 nitrogen and oxygen atoms in total. The summed E-state index contributed by atoms with van der Waals surface area (Å²) in [7, 11) is -3.72. The van der Waals surface area contributed by atoms with Crippen molar-refractivity contribution in [2.75, 3.05) is 13.1 Å². The van der Waals surface area contributed by atoms with Crippen LogP contribution in [-0.4, -0.2) is 33.2 Å². The zero-order valence-electron chi connectivity index (χ0n) is 12.4. The molecule has 9 heteroatoms. The number of halogens is 2. The highest BCUT2D eigenvalue weighted by atomic mass is 32.3. The Hall–Kier alpha value is -1.84. The molecule has 1 aliphatic heterocycles. The number of hydrogen-bond acceptors (Lipinski definition) is 5. The number of ether oxygens (including phenoxy) is 1. The van der Waals surface area contributed by atoms with E-state index in [9.17, 15) is 17.5 Å². The Kier molecular flexibility index (Phi) is 3.95. The molecule has 0 bridgehead atoms. The van der Waals surface area contributed by atoms with Crippen molar-refractivity contribution in [2.24, 2.45) is 0 Å². The van der Waals surface area contributed by atoms with E-state index in [1.807, 2.05) is 0 Å². The van der Waals surface area contributed by atoms with Crippen molar-refractivity contribution < 1.29 is 26.8 Å². The minimum atomic E-state index is -3.72. The highest BCUT2D eigenvalue weighted by Crippen LogP contribution is 2.32. The van der Waals surface area contributed by atoms with Crippen molar-refractivity contribution in [3.63, 3.8) is 0 Å². The van der Waals surface area contributed by atoms with Crippen molar-refractivity contribution >= 4 is 10.4 Å².